The third-order valence-corrected chi connectivity index (χ3v) is 9.61. The molecule has 0 heterocycles. The van der Waals surface area contributed by atoms with Crippen LogP contribution in [0.2, 0.25) is 5.04 Å². The van der Waals surface area contributed by atoms with Crippen LogP contribution in [-0.4, -0.2) is 20.7 Å². The molecule has 0 spiro atoms. The number of allylic oxidation sites excluding steroid dienone is 1. The molecule has 0 aromatic heterocycles. The van der Waals surface area contributed by atoms with Crippen LogP contribution >= 0.6 is 0 Å². The zero-order valence-corrected chi connectivity index (χ0v) is 16.6. The summed E-state index contributed by atoms with van der Waals surface area (Å²) in [6.45, 7) is 8.87. The van der Waals surface area contributed by atoms with E-state index in [1.165, 1.54) is 10.4 Å². The molecule has 0 saturated heterocycles. The SMILES string of the molecule is CCC(/C=C/C=O)O[Si](c1ccccc1)(c1ccccc1)C(C)(C)C. The predicted octanol–water partition coefficient (Wildman–Crippen LogP) is 4.10. The van der Waals surface area contributed by atoms with E-state index in [1.807, 2.05) is 18.2 Å². The summed E-state index contributed by atoms with van der Waals surface area (Å²) in [5.41, 5.74) is 0. The second kappa shape index (κ2) is 8.41. The second-order valence-corrected chi connectivity index (χ2v) is 11.5. The number of rotatable bonds is 7. The molecule has 132 valence electrons. The minimum absolute atomic E-state index is 0.0574. The predicted molar refractivity (Wildman–Crippen MR) is 108 cm³/mol. The summed E-state index contributed by atoms with van der Waals surface area (Å²) >= 11 is 0. The summed E-state index contributed by atoms with van der Waals surface area (Å²) in [5, 5.41) is 2.45. The van der Waals surface area contributed by atoms with Crippen LogP contribution in [-0.2, 0) is 9.22 Å². The van der Waals surface area contributed by atoms with E-state index in [4.69, 9.17) is 4.43 Å². The fourth-order valence-electron chi connectivity index (χ4n) is 3.35. The molecular weight excluding hydrogens is 324 g/mol. The Morgan fingerprint density at radius 1 is 0.960 bits per heavy atom. The molecule has 0 saturated carbocycles. The molecule has 0 aliphatic heterocycles. The lowest BCUT2D eigenvalue weighted by molar-refractivity contribution is -0.104. The molecule has 0 aliphatic rings. The summed E-state index contributed by atoms with van der Waals surface area (Å²) in [7, 11) is -2.55. The number of hydrogen-bond acceptors (Lipinski definition) is 2. The Kier molecular flexibility index (Phi) is 6.51. The van der Waals surface area contributed by atoms with E-state index < -0.39 is 8.32 Å². The average molecular weight is 353 g/mol. The summed E-state index contributed by atoms with van der Waals surface area (Å²) < 4.78 is 6.92. The minimum Gasteiger partial charge on any atom is -0.401 e. The van der Waals surface area contributed by atoms with Crippen molar-refractivity contribution in [1.29, 1.82) is 0 Å². The van der Waals surface area contributed by atoms with Crippen LogP contribution in [0.25, 0.3) is 0 Å². The van der Waals surface area contributed by atoms with Gasteiger partial charge in [0.2, 0.25) is 0 Å². The molecule has 2 aromatic carbocycles. The van der Waals surface area contributed by atoms with Crippen LogP contribution in [0.4, 0.5) is 0 Å². The molecule has 0 N–H and O–H groups in total. The molecule has 3 heteroatoms. The van der Waals surface area contributed by atoms with Gasteiger partial charge in [0.25, 0.3) is 8.32 Å². The number of benzene rings is 2. The quantitative estimate of drug-likeness (QED) is 0.426. The minimum atomic E-state index is -2.55. The molecule has 0 aliphatic carbocycles. The van der Waals surface area contributed by atoms with Gasteiger partial charge in [-0.05, 0) is 27.9 Å². The van der Waals surface area contributed by atoms with Crippen molar-refractivity contribution in [1.82, 2.24) is 0 Å². The van der Waals surface area contributed by atoms with Gasteiger partial charge in [-0.25, -0.2) is 0 Å². The number of hydrogen-bond donors (Lipinski definition) is 0. The number of carbonyl (C=O) groups excluding carboxylic acids is 1. The molecule has 2 rings (SSSR count). The summed E-state index contributed by atoms with van der Waals surface area (Å²) in [4.78, 5) is 10.8. The van der Waals surface area contributed by atoms with Crippen LogP contribution in [0, 0.1) is 0 Å². The fourth-order valence-corrected chi connectivity index (χ4v) is 8.06. The standard InChI is InChI=1S/C22H28O2Si/c1-5-19(13-12-18-23)24-25(22(2,3)4,20-14-8-6-9-15-20)21-16-10-7-11-17-21/h6-19H,5H2,1-4H3/b13-12+. The first-order chi connectivity index (χ1) is 12.0. The Bertz CT molecular complexity index is 647. The van der Waals surface area contributed by atoms with Crippen molar-refractivity contribution >= 4 is 25.0 Å². The van der Waals surface area contributed by atoms with Crippen molar-refractivity contribution in [2.75, 3.05) is 0 Å². The Balaban J connectivity index is 2.68. The van der Waals surface area contributed by atoms with Gasteiger partial charge in [-0.3, -0.25) is 4.79 Å². The Hall–Kier alpha value is -1.97. The molecule has 0 radical (unpaired) electrons. The van der Waals surface area contributed by atoms with Gasteiger partial charge in [0.05, 0.1) is 6.10 Å². The van der Waals surface area contributed by atoms with Gasteiger partial charge in [0.1, 0.15) is 6.29 Å². The van der Waals surface area contributed by atoms with Crippen molar-refractivity contribution in [2.45, 2.75) is 45.3 Å². The molecule has 0 amide bonds. The molecule has 25 heavy (non-hydrogen) atoms. The van der Waals surface area contributed by atoms with Crippen molar-refractivity contribution < 1.29 is 9.22 Å². The van der Waals surface area contributed by atoms with E-state index in [9.17, 15) is 4.79 Å². The first-order valence-electron chi connectivity index (χ1n) is 8.86. The highest BCUT2D eigenvalue weighted by atomic mass is 28.4. The molecule has 1 unspecified atom stereocenters. The lowest BCUT2D eigenvalue weighted by Gasteiger charge is -2.44. The Morgan fingerprint density at radius 2 is 1.44 bits per heavy atom. The van der Waals surface area contributed by atoms with Crippen LogP contribution < -0.4 is 10.4 Å². The van der Waals surface area contributed by atoms with Gasteiger partial charge in [-0.15, -0.1) is 0 Å². The number of aldehydes is 1. The second-order valence-electron chi connectivity index (χ2n) is 7.25. The maximum atomic E-state index is 10.8. The fraction of sp³-hybridized carbons (Fsp3) is 0.318. The first kappa shape index (κ1) is 19.4. The maximum Gasteiger partial charge on any atom is 0.261 e. The van der Waals surface area contributed by atoms with E-state index in [0.717, 1.165) is 12.7 Å². The average Bonchev–Trinajstić information content (AvgIpc) is 2.62. The van der Waals surface area contributed by atoms with Gasteiger partial charge in [-0.2, -0.15) is 0 Å². The molecule has 0 bridgehead atoms. The third kappa shape index (κ3) is 4.17. The molecule has 0 fully saturated rings. The zero-order chi connectivity index (χ0) is 18.3. The van der Waals surface area contributed by atoms with Crippen LogP contribution in [0.1, 0.15) is 34.1 Å². The van der Waals surface area contributed by atoms with Crippen LogP contribution in [0.15, 0.2) is 72.8 Å². The van der Waals surface area contributed by atoms with Gasteiger partial charge >= 0.3 is 0 Å². The smallest absolute Gasteiger partial charge is 0.261 e. The Labute approximate surface area is 152 Å². The molecule has 2 nitrogen and oxygen atoms in total. The lowest BCUT2D eigenvalue weighted by atomic mass is 10.2. The monoisotopic (exact) mass is 352 g/mol. The van der Waals surface area contributed by atoms with Crippen LogP contribution in [0.3, 0.4) is 0 Å². The van der Waals surface area contributed by atoms with Crippen molar-refractivity contribution in [2.24, 2.45) is 0 Å². The van der Waals surface area contributed by atoms with Crippen LogP contribution in [0.5, 0.6) is 0 Å². The van der Waals surface area contributed by atoms with E-state index >= 15 is 0 Å². The van der Waals surface area contributed by atoms with Gasteiger partial charge < -0.3 is 4.43 Å². The largest absolute Gasteiger partial charge is 0.401 e. The summed E-state index contributed by atoms with van der Waals surface area (Å²) in [6, 6.07) is 21.1. The highest BCUT2D eigenvalue weighted by Gasteiger charge is 2.50. The zero-order valence-electron chi connectivity index (χ0n) is 15.6. The highest BCUT2D eigenvalue weighted by Crippen LogP contribution is 2.37. The van der Waals surface area contributed by atoms with Gasteiger partial charge in [0.15, 0.2) is 0 Å². The number of carbonyl (C=O) groups is 1. The van der Waals surface area contributed by atoms with Crippen molar-refractivity contribution in [3.05, 3.63) is 72.8 Å². The summed E-state index contributed by atoms with van der Waals surface area (Å²) in [5.74, 6) is 0. The first-order valence-corrected chi connectivity index (χ1v) is 10.8. The van der Waals surface area contributed by atoms with E-state index in [2.05, 4.69) is 76.2 Å². The van der Waals surface area contributed by atoms with E-state index in [-0.39, 0.29) is 11.1 Å². The van der Waals surface area contributed by atoms with E-state index in [1.54, 1.807) is 6.08 Å². The van der Waals surface area contributed by atoms with E-state index in [0.29, 0.717) is 0 Å². The van der Waals surface area contributed by atoms with Crippen molar-refractivity contribution in [3.8, 4) is 0 Å². The molecular formula is C22H28O2Si. The molecule has 2 aromatic rings. The Morgan fingerprint density at radius 3 is 1.80 bits per heavy atom. The third-order valence-electron chi connectivity index (χ3n) is 4.55. The van der Waals surface area contributed by atoms with Crippen molar-refractivity contribution in [3.63, 3.8) is 0 Å². The highest BCUT2D eigenvalue weighted by molar-refractivity contribution is 6.99. The maximum absolute atomic E-state index is 10.8. The van der Waals surface area contributed by atoms with Gasteiger partial charge in [0, 0.05) is 0 Å². The topological polar surface area (TPSA) is 26.3 Å². The van der Waals surface area contributed by atoms with Gasteiger partial charge in [-0.1, -0.05) is 94.4 Å². The molecule has 1 atom stereocenters. The lowest BCUT2D eigenvalue weighted by Crippen LogP contribution is -2.67. The normalized spacial score (nSPS) is 13.8. The summed E-state index contributed by atoms with van der Waals surface area (Å²) in [6.07, 6.45) is 4.99.